The zero-order chi connectivity index (χ0) is 14.8. The maximum Gasteiger partial charge on any atom is 0.264 e. The first-order valence-electron chi connectivity index (χ1n) is 6.89. The molecule has 3 N–H and O–H groups in total. The maximum absolute atomic E-state index is 12.5. The highest BCUT2D eigenvalue weighted by Crippen LogP contribution is 2.32. The largest absolute Gasteiger partial charge is 0.397 e. The van der Waals surface area contributed by atoms with Crippen LogP contribution in [-0.2, 0) is 0 Å². The van der Waals surface area contributed by atoms with Crippen molar-refractivity contribution >= 4 is 33.1 Å². The van der Waals surface area contributed by atoms with E-state index in [1.54, 1.807) is 12.3 Å². The van der Waals surface area contributed by atoms with Gasteiger partial charge in [0.25, 0.3) is 5.91 Å². The smallest absolute Gasteiger partial charge is 0.264 e. The van der Waals surface area contributed by atoms with Gasteiger partial charge < -0.3 is 11.1 Å². The zero-order valence-electron chi connectivity index (χ0n) is 12.1. The number of hydrogen-bond donors (Lipinski definition) is 2. The number of anilines is 1. The summed E-state index contributed by atoms with van der Waals surface area (Å²) in [7, 11) is 0. The summed E-state index contributed by atoms with van der Waals surface area (Å²) in [5.74, 6) is -0.115. The number of thiophene rings is 1. The van der Waals surface area contributed by atoms with Crippen LogP contribution in [0, 0.1) is 0 Å². The van der Waals surface area contributed by atoms with Crippen molar-refractivity contribution in [3.8, 4) is 0 Å². The Balaban J connectivity index is 2.34. The quantitative estimate of drug-likeness (QED) is 0.887. The van der Waals surface area contributed by atoms with Crippen LogP contribution in [0.4, 0.5) is 5.69 Å². The van der Waals surface area contributed by atoms with E-state index in [0.29, 0.717) is 15.4 Å². The summed E-state index contributed by atoms with van der Waals surface area (Å²) in [5, 5.41) is 11.8. The molecule has 0 spiro atoms. The number of rotatable bonds is 5. The van der Waals surface area contributed by atoms with Crippen LogP contribution in [0.2, 0.25) is 0 Å². The van der Waals surface area contributed by atoms with E-state index in [9.17, 15) is 4.79 Å². The lowest BCUT2D eigenvalue weighted by Crippen LogP contribution is -2.47. The molecular formula is C14H20N4OS. The molecule has 5 nitrogen and oxygen atoms in total. The van der Waals surface area contributed by atoms with Gasteiger partial charge in [0.05, 0.1) is 11.9 Å². The molecule has 0 aliphatic rings. The number of aromatic nitrogens is 2. The van der Waals surface area contributed by atoms with Gasteiger partial charge in [-0.05, 0) is 25.3 Å². The van der Waals surface area contributed by atoms with E-state index in [-0.39, 0.29) is 11.4 Å². The summed E-state index contributed by atoms with van der Waals surface area (Å²) in [5.41, 5.74) is 6.40. The Kier molecular flexibility index (Phi) is 4.23. The fourth-order valence-corrected chi connectivity index (χ4v) is 3.29. The van der Waals surface area contributed by atoms with Gasteiger partial charge in [0.2, 0.25) is 0 Å². The predicted molar refractivity (Wildman–Crippen MR) is 82.9 cm³/mol. The fourth-order valence-electron chi connectivity index (χ4n) is 2.35. The van der Waals surface area contributed by atoms with E-state index in [0.717, 1.165) is 24.6 Å². The lowest BCUT2D eigenvalue weighted by atomic mass is 9.89. The SMILES string of the molecule is CCC(CC)(CC)NC(=O)c1sc2nnccc2c1N. The zero-order valence-corrected chi connectivity index (χ0v) is 12.9. The highest BCUT2D eigenvalue weighted by Gasteiger charge is 2.28. The van der Waals surface area contributed by atoms with Gasteiger partial charge in [0, 0.05) is 10.9 Å². The highest BCUT2D eigenvalue weighted by molar-refractivity contribution is 7.21. The van der Waals surface area contributed by atoms with Crippen molar-refractivity contribution in [3.63, 3.8) is 0 Å². The van der Waals surface area contributed by atoms with E-state index >= 15 is 0 Å². The third-order valence-electron chi connectivity index (χ3n) is 4.04. The van der Waals surface area contributed by atoms with Crippen LogP contribution in [0.5, 0.6) is 0 Å². The van der Waals surface area contributed by atoms with Crippen LogP contribution in [0.3, 0.4) is 0 Å². The van der Waals surface area contributed by atoms with Gasteiger partial charge in [0.1, 0.15) is 9.71 Å². The number of nitrogens with two attached hydrogens (primary N) is 1. The number of nitrogen functional groups attached to an aromatic ring is 1. The second-order valence-electron chi connectivity index (χ2n) is 4.89. The van der Waals surface area contributed by atoms with Crippen molar-refractivity contribution in [1.82, 2.24) is 15.5 Å². The van der Waals surface area contributed by atoms with E-state index in [1.807, 2.05) is 0 Å². The van der Waals surface area contributed by atoms with Crippen molar-refractivity contribution in [2.75, 3.05) is 5.73 Å². The monoisotopic (exact) mass is 292 g/mol. The van der Waals surface area contributed by atoms with E-state index in [4.69, 9.17) is 5.73 Å². The Morgan fingerprint density at radius 1 is 1.35 bits per heavy atom. The molecule has 0 saturated carbocycles. The number of nitrogens with zero attached hydrogens (tertiary/aromatic N) is 2. The number of fused-ring (bicyclic) bond motifs is 1. The first-order valence-corrected chi connectivity index (χ1v) is 7.70. The first-order chi connectivity index (χ1) is 9.56. The second kappa shape index (κ2) is 5.75. The van der Waals surface area contributed by atoms with Gasteiger partial charge in [-0.15, -0.1) is 16.4 Å². The minimum absolute atomic E-state index is 0.115. The van der Waals surface area contributed by atoms with Gasteiger partial charge in [0.15, 0.2) is 0 Å². The second-order valence-corrected chi connectivity index (χ2v) is 5.89. The standard InChI is InChI=1S/C14H20N4OS/c1-4-14(5-2,6-3)17-12(19)11-10(15)9-7-8-16-18-13(9)20-11/h7-8H,4-6,15H2,1-3H3,(H,17,19). The Morgan fingerprint density at radius 2 is 2.00 bits per heavy atom. The Bertz CT molecular complexity index is 610. The first kappa shape index (κ1) is 14.7. The number of carbonyl (C=O) groups excluding carboxylic acids is 1. The summed E-state index contributed by atoms with van der Waals surface area (Å²) in [6.07, 6.45) is 4.28. The van der Waals surface area contributed by atoms with E-state index < -0.39 is 0 Å². The van der Waals surface area contributed by atoms with Gasteiger partial charge in [-0.3, -0.25) is 4.79 Å². The van der Waals surface area contributed by atoms with Gasteiger partial charge >= 0.3 is 0 Å². The van der Waals surface area contributed by atoms with Crippen molar-refractivity contribution in [1.29, 1.82) is 0 Å². The van der Waals surface area contributed by atoms with Crippen LogP contribution in [-0.4, -0.2) is 21.6 Å². The topological polar surface area (TPSA) is 80.9 Å². The highest BCUT2D eigenvalue weighted by atomic mass is 32.1. The van der Waals surface area contributed by atoms with E-state index in [2.05, 4.69) is 36.3 Å². The van der Waals surface area contributed by atoms with Gasteiger partial charge in [-0.1, -0.05) is 20.8 Å². The average molecular weight is 292 g/mol. The third kappa shape index (κ3) is 2.47. The molecule has 20 heavy (non-hydrogen) atoms. The lowest BCUT2D eigenvalue weighted by molar-refractivity contribution is 0.0893. The molecule has 0 radical (unpaired) electrons. The van der Waals surface area contributed by atoms with Crippen LogP contribution in [0.15, 0.2) is 12.3 Å². The molecule has 0 fully saturated rings. The van der Waals surface area contributed by atoms with Gasteiger partial charge in [-0.2, -0.15) is 5.10 Å². The maximum atomic E-state index is 12.5. The average Bonchev–Trinajstić information content (AvgIpc) is 2.83. The molecule has 0 bridgehead atoms. The van der Waals surface area contributed by atoms with Gasteiger partial charge in [-0.25, -0.2) is 0 Å². The molecule has 0 aromatic carbocycles. The Hall–Kier alpha value is -1.69. The normalized spacial score (nSPS) is 11.8. The van der Waals surface area contributed by atoms with Crippen LogP contribution in [0.1, 0.15) is 49.7 Å². The predicted octanol–water partition coefficient (Wildman–Crippen LogP) is 2.97. The minimum Gasteiger partial charge on any atom is -0.397 e. The summed E-state index contributed by atoms with van der Waals surface area (Å²) in [6, 6.07) is 1.79. The molecule has 0 aliphatic carbocycles. The number of nitrogens with one attached hydrogen (secondary N) is 1. The molecule has 0 aliphatic heterocycles. The molecule has 108 valence electrons. The van der Waals surface area contributed by atoms with E-state index in [1.165, 1.54) is 11.3 Å². The summed E-state index contributed by atoms with van der Waals surface area (Å²) in [4.78, 5) is 13.7. The van der Waals surface area contributed by atoms with Crippen molar-refractivity contribution in [3.05, 3.63) is 17.1 Å². The molecule has 1 amide bonds. The van der Waals surface area contributed by atoms with Crippen LogP contribution in [0.25, 0.3) is 10.2 Å². The molecule has 2 aromatic rings. The number of carbonyl (C=O) groups is 1. The Morgan fingerprint density at radius 3 is 2.55 bits per heavy atom. The molecule has 0 unspecified atom stereocenters. The third-order valence-corrected chi connectivity index (χ3v) is 5.14. The molecular weight excluding hydrogens is 272 g/mol. The fraction of sp³-hybridized carbons (Fsp3) is 0.500. The van der Waals surface area contributed by atoms with Crippen LogP contribution >= 0.6 is 11.3 Å². The lowest BCUT2D eigenvalue weighted by Gasteiger charge is -2.31. The molecule has 2 rings (SSSR count). The van der Waals surface area contributed by atoms with Crippen LogP contribution < -0.4 is 11.1 Å². The Labute approximate surface area is 122 Å². The number of hydrogen-bond acceptors (Lipinski definition) is 5. The van der Waals surface area contributed by atoms with Crippen molar-refractivity contribution in [2.45, 2.75) is 45.6 Å². The summed E-state index contributed by atoms with van der Waals surface area (Å²) in [6.45, 7) is 6.27. The molecule has 6 heteroatoms. The summed E-state index contributed by atoms with van der Waals surface area (Å²) >= 11 is 1.29. The molecule has 0 atom stereocenters. The molecule has 2 aromatic heterocycles. The summed E-state index contributed by atoms with van der Waals surface area (Å²) < 4.78 is 0. The molecule has 2 heterocycles. The molecule has 0 saturated heterocycles. The van der Waals surface area contributed by atoms with Crippen molar-refractivity contribution in [2.24, 2.45) is 0 Å². The number of amides is 1. The van der Waals surface area contributed by atoms with Crippen molar-refractivity contribution < 1.29 is 4.79 Å². The minimum atomic E-state index is -0.161.